The van der Waals surface area contributed by atoms with Crippen molar-refractivity contribution in [3.05, 3.63) is 105 Å². The standard InChI is InChI=1S/C36H40F3N5O4/c1-24(27-19-30(37)34(39)31(38)20-27)44-11-3-5-28(36(44)46)35(45)41-21-25-6-7-32-29(18-25)33(8-9-40-32)48-23-26-4-2-10-43(22-26)13-12-42-14-16-47-17-15-42/h3,5-9,11,18-20,24,26H,2,4,10,12-17,21-23H2,1H3,(H,41,45)/t24-,26+/m0/s1. The number of fused-ring (bicyclic) bond motifs is 1. The number of benzene rings is 2. The third-order valence-electron chi connectivity index (χ3n) is 9.26. The van der Waals surface area contributed by atoms with E-state index in [-0.39, 0.29) is 17.7 Å². The molecule has 1 N–H and O–H groups in total. The molecule has 0 saturated carbocycles. The van der Waals surface area contributed by atoms with Crippen LogP contribution in [0.5, 0.6) is 5.75 Å². The van der Waals surface area contributed by atoms with E-state index in [1.54, 1.807) is 6.20 Å². The van der Waals surface area contributed by atoms with E-state index in [0.717, 1.165) is 99.7 Å². The molecule has 2 atom stereocenters. The molecular weight excluding hydrogens is 623 g/mol. The molecule has 254 valence electrons. The predicted octanol–water partition coefficient (Wildman–Crippen LogP) is 4.78. The van der Waals surface area contributed by atoms with Crippen LogP contribution in [0.15, 0.2) is 65.7 Å². The van der Waals surface area contributed by atoms with Gasteiger partial charge in [0.05, 0.1) is 31.4 Å². The Hall–Kier alpha value is -4.26. The molecule has 12 heteroatoms. The molecule has 2 saturated heterocycles. The summed E-state index contributed by atoms with van der Waals surface area (Å²) < 4.78 is 54.2. The van der Waals surface area contributed by atoms with Crippen molar-refractivity contribution in [2.45, 2.75) is 32.4 Å². The second-order valence-electron chi connectivity index (χ2n) is 12.5. The summed E-state index contributed by atoms with van der Waals surface area (Å²) in [6, 6.07) is 11.2. The number of rotatable bonds is 11. The molecule has 2 aromatic heterocycles. The zero-order chi connectivity index (χ0) is 33.6. The lowest BCUT2D eigenvalue weighted by atomic mass is 9.99. The van der Waals surface area contributed by atoms with Crippen LogP contribution in [-0.4, -0.2) is 84.3 Å². The third kappa shape index (κ3) is 7.88. The molecule has 2 aromatic carbocycles. The number of hydrogen-bond donors (Lipinski definition) is 1. The molecule has 6 rings (SSSR count). The summed E-state index contributed by atoms with van der Waals surface area (Å²) in [6.45, 7) is 10.1. The summed E-state index contributed by atoms with van der Waals surface area (Å²) in [5.41, 5.74) is 0.840. The van der Waals surface area contributed by atoms with Gasteiger partial charge < -0.3 is 24.3 Å². The van der Waals surface area contributed by atoms with Gasteiger partial charge in [0.15, 0.2) is 17.5 Å². The van der Waals surface area contributed by atoms with Gasteiger partial charge in [-0.2, -0.15) is 0 Å². The Morgan fingerprint density at radius 3 is 2.60 bits per heavy atom. The van der Waals surface area contributed by atoms with Gasteiger partial charge in [-0.15, -0.1) is 0 Å². The van der Waals surface area contributed by atoms with Crippen LogP contribution >= 0.6 is 0 Å². The van der Waals surface area contributed by atoms with Crippen molar-refractivity contribution in [3.8, 4) is 5.75 Å². The van der Waals surface area contributed by atoms with E-state index in [1.807, 2.05) is 24.3 Å². The fraction of sp³-hybridized carbons (Fsp3) is 0.417. The number of likely N-dealkylation sites (tertiary alicyclic amines) is 1. The number of hydrogen-bond acceptors (Lipinski definition) is 7. The van der Waals surface area contributed by atoms with Crippen molar-refractivity contribution in [3.63, 3.8) is 0 Å². The van der Waals surface area contributed by atoms with E-state index in [9.17, 15) is 22.8 Å². The average Bonchev–Trinajstić information content (AvgIpc) is 3.11. The normalized spacial score (nSPS) is 18.1. The first-order valence-corrected chi connectivity index (χ1v) is 16.4. The first kappa shape index (κ1) is 33.6. The SMILES string of the molecule is C[C@@H](c1cc(F)c(F)c(F)c1)n1cccc(C(=O)NCc2ccc3nccc(OC[C@@H]4CCCN(CCN5CCOCC5)C4)c3c2)c1=O. The van der Waals surface area contributed by atoms with Crippen LogP contribution < -0.4 is 15.6 Å². The van der Waals surface area contributed by atoms with Crippen molar-refractivity contribution in [1.29, 1.82) is 0 Å². The second kappa shape index (κ2) is 15.3. The quantitative estimate of drug-likeness (QED) is 0.231. The molecule has 0 spiro atoms. The molecule has 2 aliphatic heterocycles. The fourth-order valence-electron chi connectivity index (χ4n) is 6.45. The van der Waals surface area contributed by atoms with E-state index in [1.165, 1.54) is 29.8 Å². The number of nitrogens with zero attached hydrogens (tertiary/aromatic N) is 4. The number of ether oxygens (including phenoxy) is 2. The van der Waals surface area contributed by atoms with Crippen LogP contribution in [0.3, 0.4) is 0 Å². The van der Waals surface area contributed by atoms with Gasteiger partial charge >= 0.3 is 0 Å². The summed E-state index contributed by atoms with van der Waals surface area (Å²) in [6.07, 6.45) is 5.40. The zero-order valence-electron chi connectivity index (χ0n) is 27.0. The minimum atomic E-state index is -1.58. The minimum absolute atomic E-state index is 0.0541. The van der Waals surface area contributed by atoms with Crippen molar-refractivity contribution < 1.29 is 27.4 Å². The molecule has 4 heterocycles. The van der Waals surface area contributed by atoms with Crippen LogP contribution in [0.4, 0.5) is 13.2 Å². The number of morpholine rings is 1. The van der Waals surface area contributed by atoms with Gasteiger partial charge in [0, 0.05) is 63.0 Å². The van der Waals surface area contributed by atoms with E-state index >= 15 is 0 Å². The number of nitrogens with one attached hydrogen (secondary N) is 1. The first-order chi connectivity index (χ1) is 23.3. The summed E-state index contributed by atoms with van der Waals surface area (Å²) >= 11 is 0. The van der Waals surface area contributed by atoms with Crippen LogP contribution in [0.25, 0.3) is 10.9 Å². The van der Waals surface area contributed by atoms with E-state index in [2.05, 4.69) is 20.1 Å². The topological polar surface area (TPSA) is 88.9 Å². The molecule has 9 nitrogen and oxygen atoms in total. The highest BCUT2D eigenvalue weighted by Crippen LogP contribution is 2.27. The van der Waals surface area contributed by atoms with Crippen LogP contribution in [0.1, 0.15) is 47.3 Å². The summed E-state index contributed by atoms with van der Waals surface area (Å²) in [4.78, 5) is 35.8. The zero-order valence-corrected chi connectivity index (χ0v) is 27.0. The smallest absolute Gasteiger partial charge is 0.263 e. The van der Waals surface area contributed by atoms with Gasteiger partial charge in [0.2, 0.25) is 0 Å². The monoisotopic (exact) mass is 663 g/mol. The summed E-state index contributed by atoms with van der Waals surface area (Å²) in [7, 11) is 0. The maximum atomic E-state index is 13.8. The van der Waals surface area contributed by atoms with Gasteiger partial charge in [-0.3, -0.25) is 19.5 Å². The lowest BCUT2D eigenvalue weighted by Crippen LogP contribution is -2.44. The Balaban J connectivity index is 1.08. The Morgan fingerprint density at radius 2 is 1.81 bits per heavy atom. The van der Waals surface area contributed by atoms with Crippen molar-refractivity contribution in [2.75, 3.05) is 59.1 Å². The molecule has 4 aromatic rings. The maximum absolute atomic E-state index is 13.8. The molecule has 0 aliphatic carbocycles. The van der Waals surface area contributed by atoms with Crippen molar-refractivity contribution >= 4 is 16.8 Å². The molecule has 1 amide bonds. The number of amides is 1. The highest BCUT2D eigenvalue weighted by Gasteiger charge is 2.23. The van der Waals surface area contributed by atoms with Gasteiger partial charge in [-0.05, 0) is 79.9 Å². The third-order valence-corrected chi connectivity index (χ3v) is 9.26. The van der Waals surface area contributed by atoms with Crippen LogP contribution in [-0.2, 0) is 11.3 Å². The molecule has 0 bridgehead atoms. The number of aromatic nitrogens is 2. The molecule has 48 heavy (non-hydrogen) atoms. The lowest BCUT2D eigenvalue weighted by Gasteiger charge is -2.35. The van der Waals surface area contributed by atoms with Crippen molar-refractivity contribution in [1.82, 2.24) is 24.7 Å². The van der Waals surface area contributed by atoms with Gasteiger partial charge in [-0.1, -0.05) is 6.07 Å². The van der Waals surface area contributed by atoms with Crippen LogP contribution in [0, 0.1) is 23.4 Å². The highest BCUT2D eigenvalue weighted by atomic mass is 19.2. The van der Waals surface area contributed by atoms with Crippen molar-refractivity contribution in [2.24, 2.45) is 5.92 Å². The van der Waals surface area contributed by atoms with Gasteiger partial charge in [-0.25, -0.2) is 13.2 Å². The number of pyridine rings is 2. The first-order valence-electron chi connectivity index (χ1n) is 16.4. The van der Waals surface area contributed by atoms with E-state index in [0.29, 0.717) is 12.5 Å². The highest BCUT2D eigenvalue weighted by molar-refractivity contribution is 5.94. The predicted molar refractivity (Wildman–Crippen MR) is 176 cm³/mol. The molecule has 2 fully saturated rings. The fourth-order valence-corrected chi connectivity index (χ4v) is 6.45. The number of carbonyl (C=O) groups excluding carboxylic acids is 1. The Morgan fingerprint density at radius 1 is 1.04 bits per heavy atom. The Labute approximate surface area is 277 Å². The largest absolute Gasteiger partial charge is 0.492 e. The van der Waals surface area contributed by atoms with E-state index in [4.69, 9.17) is 9.47 Å². The van der Waals surface area contributed by atoms with E-state index < -0.39 is 35.0 Å². The van der Waals surface area contributed by atoms with Gasteiger partial charge in [0.1, 0.15) is 11.3 Å². The lowest BCUT2D eigenvalue weighted by molar-refractivity contribution is 0.0297. The molecule has 2 aliphatic rings. The summed E-state index contributed by atoms with van der Waals surface area (Å²) in [5, 5.41) is 3.63. The van der Waals surface area contributed by atoms with Crippen LogP contribution in [0.2, 0.25) is 0 Å². The maximum Gasteiger partial charge on any atom is 0.263 e. The molecule has 0 radical (unpaired) electrons. The average molecular weight is 664 g/mol. The summed E-state index contributed by atoms with van der Waals surface area (Å²) in [5.74, 6) is -3.74. The number of piperidine rings is 1. The molecular formula is C36H40F3N5O4. The van der Waals surface area contributed by atoms with Gasteiger partial charge in [0.25, 0.3) is 11.5 Å². The minimum Gasteiger partial charge on any atom is -0.492 e. The second-order valence-corrected chi connectivity index (χ2v) is 12.5. The molecule has 0 unspecified atom stereocenters. The number of halogens is 3. The Kier molecular flexibility index (Phi) is 10.7. The number of carbonyl (C=O) groups is 1. The Bertz CT molecular complexity index is 1790.